The Bertz CT molecular complexity index is 833. The number of anilines is 1. The van der Waals surface area contributed by atoms with Gasteiger partial charge in [-0.05, 0) is 43.9 Å². The molecule has 3 rings (SSSR count). The van der Waals surface area contributed by atoms with Gasteiger partial charge in [-0.3, -0.25) is 9.69 Å². The van der Waals surface area contributed by atoms with E-state index in [0.717, 1.165) is 31.7 Å². The van der Waals surface area contributed by atoms with Gasteiger partial charge in [-0.25, -0.2) is 4.98 Å². The van der Waals surface area contributed by atoms with Crippen molar-refractivity contribution < 1.29 is 4.79 Å². The SMILES string of the molecule is CSc1cccc2sc(N(CCN(C)C)C(=O)c3cccs3)nc12.Cl. The highest BCUT2D eigenvalue weighted by Crippen LogP contribution is 2.34. The Morgan fingerprint density at radius 2 is 2.00 bits per heavy atom. The molecule has 1 aromatic carbocycles. The number of hydrogen-bond acceptors (Lipinski definition) is 6. The lowest BCUT2D eigenvalue weighted by Gasteiger charge is -2.21. The van der Waals surface area contributed by atoms with Gasteiger partial charge in [-0.15, -0.1) is 35.5 Å². The van der Waals surface area contributed by atoms with Gasteiger partial charge < -0.3 is 4.90 Å². The molecule has 0 fully saturated rings. The van der Waals surface area contributed by atoms with E-state index >= 15 is 0 Å². The Morgan fingerprint density at radius 3 is 2.64 bits per heavy atom. The molecular weight excluding hydrogens is 394 g/mol. The summed E-state index contributed by atoms with van der Waals surface area (Å²) in [5.74, 6) is 0.0246. The molecule has 8 heteroatoms. The minimum absolute atomic E-state index is 0. The van der Waals surface area contributed by atoms with Crippen molar-refractivity contribution in [3.8, 4) is 0 Å². The summed E-state index contributed by atoms with van der Waals surface area (Å²) in [7, 11) is 4.02. The molecule has 0 unspecified atom stereocenters. The van der Waals surface area contributed by atoms with Gasteiger partial charge in [-0.2, -0.15) is 0 Å². The van der Waals surface area contributed by atoms with Crippen LogP contribution in [-0.4, -0.2) is 49.2 Å². The fraction of sp³-hybridized carbons (Fsp3) is 0.294. The van der Waals surface area contributed by atoms with Crippen LogP contribution in [0.5, 0.6) is 0 Å². The summed E-state index contributed by atoms with van der Waals surface area (Å²) in [5.41, 5.74) is 0.985. The summed E-state index contributed by atoms with van der Waals surface area (Å²) >= 11 is 4.73. The van der Waals surface area contributed by atoms with Crippen molar-refractivity contribution in [1.29, 1.82) is 0 Å². The number of rotatable bonds is 6. The summed E-state index contributed by atoms with van der Waals surface area (Å²) in [4.78, 5) is 23.5. The first-order chi connectivity index (χ1) is 11.6. The van der Waals surface area contributed by atoms with Crippen LogP contribution >= 0.6 is 46.8 Å². The lowest BCUT2D eigenvalue weighted by molar-refractivity contribution is 0.0989. The number of thioether (sulfide) groups is 1. The first kappa shape index (κ1) is 20.2. The van der Waals surface area contributed by atoms with Gasteiger partial charge in [0.1, 0.15) is 0 Å². The van der Waals surface area contributed by atoms with Crippen molar-refractivity contribution in [3.63, 3.8) is 0 Å². The smallest absolute Gasteiger partial charge is 0.270 e. The topological polar surface area (TPSA) is 36.4 Å². The number of nitrogens with zero attached hydrogens (tertiary/aromatic N) is 3. The predicted molar refractivity (Wildman–Crippen MR) is 113 cm³/mol. The maximum absolute atomic E-state index is 12.9. The van der Waals surface area contributed by atoms with Crippen molar-refractivity contribution in [2.75, 3.05) is 38.3 Å². The van der Waals surface area contributed by atoms with Crippen LogP contribution in [0.1, 0.15) is 9.67 Å². The van der Waals surface area contributed by atoms with E-state index in [1.807, 2.05) is 37.7 Å². The van der Waals surface area contributed by atoms with Crippen LogP contribution in [0.25, 0.3) is 10.2 Å². The number of thiazole rings is 1. The molecule has 0 radical (unpaired) electrons. The average Bonchev–Trinajstić information content (AvgIpc) is 3.23. The van der Waals surface area contributed by atoms with Gasteiger partial charge in [0, 0.05) is 18.0 Å². The number of hydrogen-bond donors (Lipinski definition) is 0. The molecule has 1 amide bonds. The second-order valence-electron chi connectivity index (χ2n) is 5.54. The molecule has 2 aromatic heterocycles. The maximum Gasteiger partial charge on any atom is 0.270 e. The highest BCUT2D eigenvalue weighted by atomic mass is 35.5. The summed E-state index contributed by atoms with van der Waals surface area (Å²) in [5, 5.41) is 2.70. The molecule has 25 heavy (non-hydrogen) atoms. The molecule has 0 aliphatic carbocycles. The van der Waals surface area contributed by atoms with E-state index in [9.17, 15) is 4.79 Å². The fourth-order valence-electron chi connectivity index (χ4n) is 2.31. The van der Waals surface area contributed by atoms with Gasteiger partial charge in [0.2, 0.25) is 0 Å². The molecule has 134 valence electrons. The van der Waals surface area contributed by atoms with Crippen LogP contribution in [-0.2, 0) is 0 Å². The van der Waals surface area contributed by atoms with Crippen molar-refractivity contribution in [2.24, 2.45) is 0 Å². The average molecular weight is 414 g/mol. The van der Waals surface area contributed by atoms with Crippen molar-refractivity contribution in [2.45, 2.75) is 4.90 Å². The first-order valence-corrected chi connectivity index (χ1v) is 10.5. The zero-order valence-corrected chi connectivity index (χ0v) is 17.5. The third-order valence-corrected chi connectivity index (χ3v) is 6.24. The Hall–Kier alpha value is -1.12. The van der Waals surface area contributed by atoms with Crippen molar-refractivity contribution >= 4 is 68.1 Å². The Labute approximate surface area is 166 Å². The zero-order chi connectivity index (χ0) is 17.1. The Kier molecular flexibility index (Phi) is 7.27. The summed E-state index contributed by atoms with van der Waals surface area (Å²) in [6.45, 7) is 1.42. The largest absolute Gasteiger partial charge is 0.308 e. The Morgan fingerprint density at radius 1 is 1.20 bits per heavy atom. The second kappa shape index (κ2) is 9.00. The van der Waals surface area contributed by atoms with E-state index in [4.69, 9.17) is 4.98 Å². The number of likely N-dealkylation sites (N-methyl/N-ethyl adjacent to an activating group) is 1. The highest BCUT2D eigenvalue weighted by molar-refractivity contribution is 7.98. The van der Waals surface area contributed by atoms with Crippen molar-refractivity contribution in [3.05, 3.63) is 40.6 Å². The van der Waals surface area contributed by atoms with Gasteiger partial charge in [-0.1, -0.05) is 23.5 Å². The van der Waals surface area contributed by atoms with Crippen LogP contribution < -0.4 is 4.90 Å². The number of carbonyl (C=O) groups excluding carboxylic acids is 1. The van der Waals surface area contributed by atoms with Crippen LogP contribution in [0.4, 0.5) is 5.13 Å². The molecule has 0 aliphatic rings. The van der Waals surface area contributed by atoms with Gasteiger partial charge in [0.15, 0.2) is 5.13 Å². The third kappa shape index (κ3) is 4.54. The molecule has 2 heterocycles. The summed E-state index contributed by atoms with van der Waals surface area (Å²) < 4.78 is 1.12. The van der Waals surface area contributed by atoms with E-state index in [1.165, 1.54) is 11.3 Å². The molecule has 0 aliphatic heterocycles. The Balaban J connectivity index is 0.00000225. The summed E-state index contributed by atoms with van der Waals surface area (Å²) in [6, 6.07) is 9.96. The van der Waals surface area contributed by atoms with E-state index in [0.29, 0.717) is 6.54 Å². The molecule has 0 atom stereocenters. The summed E-state index contributed by atoms with van der Waals surface area (Å²) in [6.07, 6.45) is 2.05. The molecule has 0 spiro atoms. The molecule has 3 aromatic rings. The van der Waals surface area contributed by atoms with E-state index in [2.05, 4.69) is 23.3 Å². The zero-order valence-electron chi connectivity index (χ0n) is 14.3. The molecule has 4 nitrogen and oxygen atoms in total. The van der Waals surface area contributed by atoms with Crippen molar-refractivity contribution in [1.82, 2.24) is 9.88 Å². The normalized spacial score (nSPS) is 10.9. The van der Waals surface area contributed by atoms with Gasteiger partial charge in [0.05, 0.1) is 15.1 Å². The van der Waals surface area contributed by atoms with Crippen LogP contribution in [0.15, 0.2) is 40.6 Å². The van der Waals surface area contributed by atoms with Gasteiger partial charge in [0.25, 0.3) is 5.91 Å². The number of fused-ring (bicyclic) bond motifs is 1. The number of amides is 1. The highest BCUT2D eigenvalue weighted by Gasteiger charge is 2.22. The monoisotopic (exact) mass is 413 g/mol. The number of para-hydroxylation sites is 1. The van der Waals surface area contributed by atoms with E-state index in [1.54, 1.807) is 28.0 Å². The van der Waals surface area contributed by atoms with Gasteiger partial charge >= 0.3 is 0 Å². The quantitative estimate of drug-likeness (QED) is 0.548. The number of halogens is 1. The van der Waals surface area contributed by atoms with Crippen LogP contribution in [0, 0.1) is 0 Å². The lowest BCUT2D eigenvalue weighted by Crippen LogP contribution is -2.36. The van der Waals surface area contributed by atoms with Crippen LogP contribution in [0.3, 0.4) is 0 Å². The number of aromatic nitrogens is 1. The minimum atomic E-state index is 0. The molecule has 0 saturated carbocycles. The van der Waals surface area contributed by atoms with Crippen LogP contribution in [0.2, 0.25) is 0 Å². The minimum Gasteiger partial charge on any atom is -0.308 e. The molecule has 0 bridgehead atoms. The molecule has 0 N–H and O–H groups in total. The maximum atomic E-state index is 12.9. The number of benzene rings is 1. The fourth-order valence-corrected chi connectivity index (χ4v) is 4.63. The predicted octanol–water partition coefficient (Wildman–Crippen LogP) is 4.71. The van der Waals surface area contributed by atoms with E-state index < -0.39 is 0 Å². The standard InChI is InChI=1S/C17H19N3OS3.ClH/c1-19(2)9-10-20(16(21)14-8-5-11-23-14)17-18-15-12(22-3)6-4-7-13(15)24-17;/h4-8,11H,9-10H2,1-3H3;1H. The lowest BCUT2D eigenvalue weighted by atomic mass is 10.3. The van der Waals surface area contributed by atoms with E-state index in [-0.39, 0.29) is 18.3 Å². The first-order valence-electron chi connectivity index (χ1n) is 7.54. The molecular formula is C17H20ClN3OS3. The number of carbonyl (C=O) groups is 1. The number of thiophene rings is 1. The molecule has 0 saturated heterocycles. The second-order valence-corrected chi connectivity index (χ2v) is 8.35. The third-order valence-electron chi connectivity index (χ3n) is 3.57.